The van der Waals surface area contributed by atoms with Crippen LogP contribution in [0.5, 0.6) is 0 Å². The highest BCUT2D eigenvalue weighted by molar-refractivity contribution is 5.08. The van der Waals surface area contributed by atoms with Crippen molar-refractivity contribution in [2.45, 2.75) is 91.5 Å². The first-order valence-corrected chi connectivity index (χ1v) is 8.81. The number of nitrogens with zero attached hydrogens (tertiary/aromatic N) is 2. The molecule has 0 bridgehead atoms. The van der Waals surface area contributed by atoms with Crippen LogP contribution in [0.2, 0.25) is 0 Å². The van der Waals surface area contributed by atoms with Gasteiger partial charge in [0.05, 0.1) is 13.6 Å². The molecule has 0 unspecified atom stereocenters. The van der Waals surface area contributed by atoms with Crippen molar-refractivity contribution in [3.05, 3.63) is 17.7 Å². The van der Waals surface area contributed by atoms with Crippen LogP contribution >= 0.6 is 0 Å². The van der Waals surface area contributed by atoms with Gasteiger partial charge in [-0.3, -0.25) is 0 Å². The highest BCUT2D eigenvalue weighted by atomic mass is 15.1. The normalized spacial score (nSPS) is 11.2. The molecule has 20 heavy (non-hydrogen) atoms. The molecule has 0 atom stereocenters. The van der Waals surface area contributed by atoms with E-state index in [1.807, 2.05) is 0 Å². The third kappa shape index (κ3) is 5.30. The van der Waals surface area contributed by atoms with Gasteiger partial charge in [-0.05, 0) is 25.7 Å². The Hall–Kier alpha value is -0.790. The molecule has 0 spiro atoms. The zero-order valence-corrected chi connectivity index (χ0v) is 14.2. The van der Waals surface area contributed by atoms with E-state index in [-0.39, 0.29) is 0 Å². The second-order valence-corrected chi connectivity index (χ2v) is 6.08. The molecule has 0 radical (unpaired) electrons. The fourth-order valence-corrected chi connectivity index (χ4v) is 2.92. The van der Waals surface area contributed by atoms with Crippen LogP contribution in [0.1, 0.15) is 83.5 Å². The van der Waals surface area contributed by atoms with Gasteiger partial charge in [0.15, 0.2) is 0 Å². The average molecular weight is 279 g/mol. The summed E-state index contributed by atoms with van der Waals surface area (Å²) >= 11 is 0. The molecule has 0 aliphatic heterocycles. The Morgan fingerprint density at radius 3 is 2.15 bits per heavy atom. The van der Waals surface area contributed by atoms with Gasteiger partial charge in [-0.15, -0.1) is 0 Å². The largest absolute Gasteiger partial charge is 0.243 e. The van der Waals surface area contributed by atoms with Gasteiger partial charge in [0.1, 0.15) is 11.4 Å². The van der Waals surface area contributed by atoms with E-state index >= 15 is 0 Å². The Morgan fingerprint density at radius 1 is 0.850 bits per heavy atom. The van der Waals surface area contributed by atoms with Gasteiger partial charge in [-0.25, -0.2) is 9.13 Å². The van der Waals surface area contributed by atoms with Crippen molar-refractivity contribution in [3.63, 3.8) is 0 Å². The Morgan fingerprint density at radius 2 is 1.50 bits per heavy atom. The second-order valence-electron chi connectivity index (χ2n) is 6.08. The highest BCUT2D eigenvalue weighted by Gasteiger charge is 2.19. The van der Waals surface area contributed by atoms with Gasteiger partial charge >= 0.3 is 0 Å². The van der Waals surface area contributed by atoms with Crippen LogP contribution in [0.25, 0.3) is 0 Å². The number of hydrogen-bond donors (Lipinski definition) is 0. The van der Waals surface area contributed by atoms with Crippen molar-refractivity contribution >= 4 is 0 Å². The molecule has 116 valence electrons. The van der Waals surface area contributed by atoms with Crippen LogP contribution in [-0.2, 0) is 26.4 Å². The molecular weight excluding hydrogens is 244 g/mol. The lowest BCUT2D eigenvalue weighted by Gasteiger charge is -2.04. The Bertz CT molecular complexity index is 366. The summed E-state index contributed by atoms with van der Waals surface area (Å²) in [7, 11) is 2.23. The molecule has 0 aliphatic rings. The van der Waals surface area contributed by atoms with E-state index < -0.39 is 0 Å². The van der Waals surface area contributed by atoms with Gasteiger partial charge < -0.3 is 0 Å². The van der Waals surface area contributed by atoms with Crippen LogP contribution in [0.15, 0.2) is 6.33 Å². The van der Waals surface area contributed by atoms with Crippen LogP contribution in [0, 0.1) is 0 Å². The van der Waals surface area contributed by atoms with Gasteiger partial charge in [0.2, 0.25) is 6.33 Å². The van der Waals surface area contributed by atoms with Crippen molar-refractivity contribution in [2.75, 3.05) is 0 Å². The van der Waals surface area contributed by atoms with Crippen LogP contribution < -0.4 is 4.57 Å². The molecule has 0 saturated heterocycles. The molecule has 1 heterocycles. The lowest BCUT2D eigenvalue weighted by atomic mass is 10.1. The van der Waals surface area contributed by atoms with Crippen molar-refractivity contribution < 1.29 is 4.57 Å². The third-order valence-electron chi connectivity index (χ3n) is 4.20. The first-order chi connectivity index (χ1) is 9.74. The molecule has 0 fully saturated rings. The van der Waals surface area contributed by atoms with Crippen molar-refractivity contribution in [1.82, 2.24) is 4.57 Å². The maximum Gasteiger partial charge on any atom is 0.243 e. The van der Waals surface area contributed by atoms with E-state index in [1.54, 1.807) is 11.4 Å². The van der Waals surface area contributed by atoms with Gasteiger partial charge in [0, 0.05) is 12.8 Å². The second kappa shape index (κ2) is 10.0. The summed E-state index contributed by atoms with van der Waals surface area (Å²) in [5, 5.41) is 0. The smallest absolute Gasteiger partial charge is 0.236 e. The molecule has 1 aromatic rings. The van der Waals surface area contributed by atoms with E-state index in [4.69, 9.17) is 0 Å². The molecule has 0 amide bonds. The molecule has 0 aromatic carbocycles. The molecule has 0 aliphatic carbocycles. The molecule has 2 heteroatoms. The summed E-state index contributed by atoms with van der Waals surface area (Å²) in [5.41, 5.74) is 3.19. The lowest BCUT2D eigenvalue weighted by molar-refractivity contribution is -0.678. The SMILES string of the molecule is CCCCCCn1c[n+](C)c(CCCC)c1CCCC. The Labute approximate surface area is 126 Å². The fourth-order valence-electron chi connectivity index (χ4n) is 2.92. The molecule has 0 saturated carbocycles. The van der Waals surface area contributed by atoms with E-state index in [0.717, 1.165) is 0 Å². The van der Waals surface area contributed by atoms with Crippen molar-refractivity contribution in [1.29, 1.82) is 0 Å². The molecular formula is C18H35N2+. The van der Waals surface area contributed by atoms with Crippen LogP contribution in [-0.4, -0.2) is 4.57 Å². The van der Waals surface area contributed by atoms with Crippen molar-refractivity contribution in [3.8, 4) is 0 Å². The standard InChI is InChI=1S/C18H35N2/c1-5-8-11-12-15-20-16-19(4)17(13-9-6-2)18(20)14-10-7-3/h16H,5-15H2,1-4H3/q+1. The monoisotopic (exact) mass is 279 g/mol. The van der Waals surface area contributed by atoms with Gasteiger partial charge in [-0.2, -0.15) is 0 Å². The number of hydrogen-bond acceptors (Lipinski definition) is 0. The third-order valence-corrected chi connectivity index (χ3v) is 4.20. The van der Waals surface area contributed by atoms with E-state index in [1.165, 1.54) is 70.8 Å². The van der Waals surface area contributed by atoms with Crippen LogP contribution in [0.3, 0.4) is 0 Å². The molecule has 1 rings (SSSR count). The minimum atomic E-state index is 1.21. The summed E-state index contributed by atoms with van der Waals surface area (Å²) in [4.78, 5) is 0. The highest BCUT2D eigenvalue weighted by Crippen LogP contribution is 2.14. The van der Waals surface area contributed by atoms with Crippen molar-refractivity contribution in [2.24, 2.45) is 7.05 Å². The maximum atomic E-state index is 2.54. The zero-order valence-electron chi connectivity index (χ0n) is 14.2. The first kappa shape index (κ1) is 17.3. The number of rotatable bonds is 11. The maximum absolute atomic E-state index is 2.54. The Kier molecular flexibility index (Phi) is 8.64. The van der Waals surface area contributed by atoms with Crippen LogP contribution in [0.4, 0.5) is 0 Å². The topological polar surface area (TPSA) is 8.81 Å². The first-order valence-electron chi connectivity index (χ1n) is 8.81. The molecule has 1 aromatic heterocycles. The van der Waals surface area contributed by atoms with Gasteiger partial charge in [-0.1, -0.05) is 46.5 Å². The minimum Gasteiger partial charge on any atom is -0.236 e. The number of imidazole rings is 1. The van der Waals surface area contributed by atoms with E-state index in [0.29, 0.717) is 0 Å². The number of aryl methyl sites for hydroxylation is 2. The van der Waals surface area contributed by atoms with E-state index in [9.17, 15) is 0 Å². The predicted molar refractivity (Wildman–Crippen MR) is 87.0 cm³/mol. The fraction of sp³-hybridized carbons (Fsp3) is 0.833. The number of aromatic nitrogens is 2. The quantitative estimate of drug-likeness (QED) is 0.414. The minimum absolute atomic E-state index is 1.21. The number of unbranched alkanes of at least 4 members (excludes halogenated alkanes) is 5. The summed E-state index contributed by atoms with van der Waals surface area (Å²) < 4.78 is 4.91. The predicted octanol–water partition coefficient (Wildman–Crippen LogP) is 4.58. The summed E-state index contributed by atoms with van der Waals surface area (Å²) in [6.45, 7) is 8.07. The van der Waals surface area contributed by atoms with E-state index in [2.05, 4.69) is 43.3 Å². The average Bonchev–Trinajstić information content (AvgIpc) is 2.74. The Balaban J connectivity index is 2.74. The molecule has 2 nitrogen and oxygen atoms in total. The summed E-state index contributed by atoms with van der Waals surface area (Å²) in [6.07, 6.45) is 15.4. The zero-order chi connectivity index (χ0) is 14.8. The lowest BCUT2D eigenvalue weighted by Crippen LogP contribution is -2.30. The summed E-state index contributed by atoms with van der Waals surface area (Å²) in [6, 6.07) is 0. The molecule has 0 N–H and O–H groups in total. The summed E-state index contributed by atoms with van der Waals surface area (Å²) in [5.74, 6) is 0. The van der Waals surface area contributed by atoms with Gasteiger partial charge in [0.25, 0.3) is 0 Å².